The zero-order valence-corrected chi connectivity index (χ0v) is 20.0. The van der Waals surface area contributed by atoms with Gasteiger partial charge in [-0.25, -0.2) is 5.01 Å². The van der Waals surface area contributed by atoms with Gasteiger partial charge in [0.2, 0.25) is 0 Å². The van der Waals surface area contributed by atoms with Gasteiger partial charge in [0.05, 0.1) is 32.5 Å². The summed E-state index contributed by atoms with van der Waals surface area (Å²) in [5.74, 6) is 1.60. The highest BCUT2D eigenvalue weighted by molar-refractivity contribution is 6.03. The van der Waals surface area contributed by atoms with Gasteiger partial charge in [0, 0.05) is 23.6 Å². The lowest BCUT2D eigenvalue weighted by atomic mass is 9.94. The van der Waals surface area contributed by atoms with Gasteiger partial charge in [0.15, 0.2) is 0 Å². The Labute approximate surface area is 197 Å². The lowest BCUT2D eigenvalue weighted by molar-refractivity contribution is -0.135. The fraction of sp³-hybridized carbons (Fsp3) is 0.481. The van der Waals surface area contributed by atoms with Crippen LogP contribution in [0, 0.1) is 0 Å². The van der Waals surface area contributed by atoms with E-state index in [2.05, 4.69) is 11.8 Å². The highest BCUT2D eigenvalue weighted by Crippen LogP contribution is 2.38. The molecule has 1 unspecified atom stereocenters. The standard InChI is InChI=1S/C27H35N3O3/c1-4-29(21-12-6-5-7-13-21)19-27(31)30-25(23-15-8-9-16-26(23)33-3)18-24(28-30)20-11-10-14-22(17-20)32-2/h8-11,14-17,21,25H,4-7,12-13,18-19H2,1-3H3. The number of rotatable bonds is 8. The summed E-state index contributed by atoms with van der Waals surface area (Å²) in [6.07, 6.45) is 6.79. The quantitative estimate of drug-likeness (QED) is 0.567. The van der Waals surface area contributed by atoms with E-state index in [1.807, 2.05) is 48.5 Å². The maximum atomic E-state index is 13.7. The molecule has 1 amide bonds. The van der Waals surface area contributed by atoms with Crippen LogP contribution in [0.15, 0.2) is 53.6 Å². The van der Waals surface area contributed by atoms with Crippen molar-refractivity contribution in [3.8, 4) is 11.5 Å². The Kier molecular flexibility index (Phi) is 7.65. The first kappa shape index (κ1) is 23.3. The summed E-state index contributed by atoms with van der Waals surface area (Å²) >= 11 is 0. The Morgan fingerprint density at radius 3 is 2.58 bits per heavy atom. The Morgan fingerprint density at radius 2 is 1.85 bits per heavy atom. The molecule has 4 rings (SSSR count). The number of nitrogens with zero attached hydrogens (tertiary/aromatic N) is 3. The Hall–Kier alpha value is -2.86. The van der Waals surface area contributed by atoms with Crippen LogP contribution >= 0.6 is 0 Å². The average Bonchev–Trinajstić information content (AvgIpc) is 3.33. The van der Waals surface area contributed by atoms with E-state index in [1.165, 1.54) is 32.1 Å². The molecule has 1 aliphatic carbocycles. The van der Waals surface area contributed by atoms with Crippen LogP contribution in [0.5, 0.6) is 11.5 Å². The SMILES string of the molecule is CCN(CC(=O)N1N=C(c2cccc(OC)c2)CC1c1ccccc1OC)C1CCCCC1. The molecule has 1 heterocycles. The number of benzene rings is 2. The van der Waals surface area contributed by atoms with Gasteiger partial charge in [-0.1, -0.05) is 56.5 Å². The summed E-state index contributed by atoms with van der Waals surface area (Å²) in [6, 6.07) is 16.1. The van der Waals surface area contributed by atoms with E-state index >= 15 is 0 Å². The van der Waals surface area contributed by atoms with E-state index < -0.39 is 0 Å². The predicted molar refractivity (Wildman–Crippen MR) is 131 cm³/mol. The van der Waals surface area contributed by atoms with Crippen molar-refractivity contribution in [3.05, 3.63) is 59.7 Å². The summed E-state index contributed by atoms with van der Waals surface area (Å²) in [4.78, 5) is 16.0. The monoisotopic (exact) mass is 449 g/mol. The van der Waals surface area contributed by atoms with Crippen molar-refractivity contribution in [1.29, 1.82) is 0 Å². The minimum atomic E-state index is -0.195. The smallest absolute Gasteiger partial charge is 0.257 e. The zero-order chi connectivity index (χ0) is 23.2. The first-order valence-corrected chi connectivity index (χ1v) is 12.1. The van der Waals surface area contributed by atoms with E-state index in [9.17, 15) is 4.79 Å². The van der Waals surface area contributed by atoms with Crippen molar-refractivity contribution in [2.75, 3.05) is 27.3 Å². The Bertz CT molecular complexity index is 984. The normalized spacial score (nSPS) is 19.0. The minimum absolute atomic E-state index is 0.0382. The van der Waals surface area contributed by atoms with Crippen molar-refractivity contribution in [3.63, 3.8) is 0 Å². The number of amides is 1. The first-order chi connectivity index (χ1) is 16.1. The molecule has 33 heavy (non-hydrogen) atoms. The van der Waals surface area contributed by atoms with Crippen molar-refractivity contribution in [1.82, 2.24) is 9.91 Å². The molecule has 1 fully saturated rings. The van der Waals surface area contributed by atoms with Crippen molar-refractivity contribution >= 4 is 11.6 Å². The fourth-order valence-electron chi connectivity index (χ4n) is 5.09. The summed E-state index contributed by atoms with van der Waals surface area (Å²) in [7, 11) is 3.33. The number of methoxy groups -OCH3 is 2. The Morgan fingerprint density at radius 1 is 1.06 bits per heavy atom. The lowest BCUT2D eigenvalue weighted by Crippen LogP contribution is -2.44. The van der Waals surface area contributed by atoms with Crippen LogP contribution in [0.25, 0.3) is 0 Å². The number of carbonyl (C=O) groups is 1. The molecule has 6 nitrogen and oxygen atoms in total. The van der Waals surface area contributed by atoms with Gasteiger partial charge in [-0.2, -0.15) is 5.10 Å². The zero-order valence-electron chi connectivity index (χ0n) is 20.0. The number of hydrogen-bond acceptors (Lipinski definition) is 5. The Balaban J connectivity index is 1.63. The molecular formula is C27H35N3O3. The third-order valence-electron chi connectivity index (χ3n) is 6.90. The molecule has 6 heteroatoms. The summed E-state index contributed by atoms with van der Waals surface area (Å²) in [5, 5.41) is 6.55. The summed E-state index contributed by atoms with van der Waals surface area (Å²) in [6.45, 7) is 3.41. The second-order valence-corrected chi connectivity index (χ2v) is 8.83. The highest BCUT2D eigenvalue weighted by atomic mass is 16.5. The maximum absolute atomic E-state index is 13.7. The van der Waals surface area contributed by atoms with Gasteiger partial charge >= 0.3 is 0 Å². The summed E-state index contributed by atoms with van der Waals surface area (Å²) < 4.78 is 11.1. The van der Waals surface area contributed by atoms with Gasteiger partial charge in [-0.3, -0.25) is 9.69 Å². The number of para-hydroxylation sites is 1. The molecule has 1 saturated carbocycles. The lowest BCUT2D eigenvalue weighted by Gasteiger charge is -2.34. The van der Waals surface area contributed by atoms with Gasteiger partial charge < -0.3 is 9.47 Å². The number of ether oxygens (including phenoxy) is 2. The fourth-order valence-corrected chi connectivity index (χ4v) is 5.09. The number of hydrazone groups is 1. The van der Waals surface area contributed by atoms with Crippen LogP contribution < -0.4 is 9.47 Å². The molecule has 0 radical (unpaired) electrons. The molecule has 2 aliphatic rings. The van der Waals surface area contributed by atoms with Crippen LogP contribution in [0.1, 0.15) is 62.6 Å². The number of hydrogen-bond donors (Lipinski definition) is 0. The van der Waals surface area contributed by atoms with Crippen molar-refractivity contribution < 1.29 is 14.3 Å². The molecule has 0 N–H and O–H groups in total. The van der Waals surface area contributed by atoms with Gasteiger partial charge in [-0.15, -0.1) is 0 Å². The number of likely N-dealkylation sites (N-methyl/N-ethyl adjacent to an activating group) is 1. The van der Waals surface area contributed by atoms with E-state index in [4.69, 9.17) is 14.6 Å². The number of carbonyl (C=O) groups excluding carboxylic acids is 1. The molecule has 0 spiro atoms. The van der Waals surface area contributed by atoms with Crippen molar-refractivity contribution in [2.45, 2.75) is 57.5 Å². The second-order valence-electron chi connectivity index (χ2n) is 8.83. The molecule has 1 aliphatic heterocycles. The molecule has 0 bridgehead atoms. The van der Waals surface area contributed by atoms with Gasteiger partial charge in [-0.05, 0) is 37.6 Å². The van der Waals surface area contributed by atoms with Crippen LogP contribution in [0.3, 0.4) is 0 Å². The van der Waals surface area contributed by atoms with E-state index in [0.29, 0.717) is 19.0 Å². The first-order valence-electron chi connectivity index (χ1n) is 12.1. The largest absolute Gasteiger partial charge is 0.497 e. The van der Waals surface area contributed by atoms with E-state index in [1.54, 1.807) is 19.2 Å². The molecule has 176 valence electrons. The van der Waals surface area contributed by atoms with E-state index in [0.717, 1.165) is 34.9 Å². The van der Waals surface area contributed by atoms with Gasteiger partial charge in [0.25, 0.3) is 5.91 Å². The second kappa shape index (κ2) is 10.8. The molecule has 2 aromatic rings. The van der Waals surface area contributed by atoms with Crippen LogP contribution in [0.4, 0.5) is 0 Å². The molecular weight excluding hydrogens is 414 g/mol. The third kappa shape index (κ3) is 5.22. The molecule has 0 saturated heterocycles. The minimum Gasteiger partial charge on any atom is -0.497 e. The highest BCUT2D eigenvalue weighted by Gasteiger charge is 2.36. The maximum Gasteiger partial charge on any atom is 0.257 e. The van der Waals surface area contributed by atoms with Crippen LogP contribution in [0.2, 0.25) is 0 Å². The van der Waals surface area contributed by atoms with Crippen LogP contribution in [-0.2, 0) is 4.79 Å². The predicted octanol–water partition coefficient (Wildman–Crippen LogP) is 5.04. The van der Waals surface area contributed by atoms with E-state index in [-0.39, 0.29) is 11.9 Å². The molecule has 2 aromatic carbocycles. The van der Waals surface area contributed by atoms with Crippen LogP contribution in [-0.4, -0.2) is 54.9 Å². The molecule has 0 aromatic heterocycles. The average molecular weight is 450 g/mol. The molecule has 1 atom stereocenters. The third-order valence-corrected chi connectivity index (χ3v) is 6.90. The topological polar surface area (TPSA) is 54.4 Å². The van der Waals surface area contributed by atoms with Gasteiger partial charge in [0.1, 0.15) is 11.5 Å². The van der Waals surface area contributed by atoms with Crippen molar-refractivity contribution in [2.24, 2.45) is 5.10 Å². The summed E-state index contributed by atoms with van der Waals surface area (Å²) in [5.41, 5.74) is 2.85.